The predicted molar refractivity (Wildman–Crippen MR) is 96.3 cm³/mol. The fourth-order valence-electron chi connectivity index (χ4n) is 2.22. The van der Waals surface area contributed by atoms with Gasteiger partial charge in [0.25, 0.3) is 10.8 Å². The van der Waals surface area contributed by atoms with Crippen molar-refractivity contribution in [1.29, 1.82) is 0 Å². The first-order valence-corrected chi connectivity index (χ1v) is 11.7. The topological polar surface area (TPSA) is 369 Å². The molecule has 0 aliphatic heterocycles. The fraction of sp³-hybridized carbons (Fsp3) is 0.571. The van der Waals surface area contributed by atoms with Gasteiger partial charge in [0.15, 0.2) is 0 Å². The quantitative estimate of drug-likeness (QED) is 0.0518. The Kier molecular flexibility index (Phi) is 17.1. The minimum absolute atomic E-state index is 0. The van der Waals surface area contributed by atoms with E-state index >= 15 is 0 Å². The number of phosphoric acid groups is 2. The Balaban J connectivity index is -0.000000608. The van der Waals surface area contributed by atoms with E-state index in [4.69, 9.17) is 30.6 Å². The number of hydrogen-bond donors (Lipinski definition) is 6. The van der Waals surface area contributed by atoms with E-state index in [2.05, 4.69) is 9.05 Å². The number of rotatable bonds is 16. The first-order chi connectivity index (χ1) is 16.1. The number of carboxylic acids is 6. The van der Waals surface area contributed by atoms with E-state index in [1.165, 1.54) is 0 Å². The Morgan fingerprint density at radius 2 is 0.730 bits per heavy atom. The van der Waals surface area contributed by atoms with Crippen LogP contribution in [0.1, 0.15) is 25.7 Å². The first-order valence-electron chi connectivity index (χ1n) is 8.81. The Morgan fingerprint density at radius 1 is 0.541 bits per heavy atom. The summed E-state index contributed by atoms with van der Waals surface area (Å²) in [7, 11) is -10.5. The molecule has 20 nitrogen and oxygen atoms in total. The summed E-state index contributed by atoms with van der Waals surface area (Å²) in [5, 5.41) is 51.9. The molecule has 0 rings (SSSR count). The molecular formula is C14H18O20P2Zr. The van der Waals surface area contributed by atoms with Crippen LogP contribution in [0.4, 0.5) is 0 Å². The zero-order chi connectivity index (χ0) is 29.1. The molecule has 0 atom stereocenters. The number of phosphoric ester groups is 2. The molecule has 0 saturated heterocycles. The molecule has 0 aromatic heterocycles. The maximum Gasteiger partial charge on any atom is 4.00 e. The summed E-state index contributed by atoms with van der Waals surface area (Å²) in [6.07, 6.45) is -2.93. The number of carbonyl (C=O) groups is 6. The molecule has 0 saturated carbocycles. The van der Waals surface area contributed by atoms with E-state index < -0.39 is 101 Å². The zero-order valence-corrected chi connectivity index (χ0v) is 22.3. The van der Waals surface area contributed by atoms with Gasteiger partial charge >= 0.3 is 62.0 Å². The largest absolute Gasteiger partial charge is 4.00 e. The van der Waals surface area contributed by atoms with Crippen LogP contribution >= 0.6 is 15.6 Å². The molecule has 0 aromatic carbocycles. The predicted octanol–water partition coefficient (Wildman–Crippen LogP) is -4.30. The normalized spacial score (nSPS) is 11.8. The second kappa shape index (κ2) is 16.0. The molecule has 0 fully saturated rings. The Hall–Kier alpha value is -2.08. The number of hydrogen-bond acceptors (Lipinski definition) is 14. The van der Waals surface area contributed by atoms with Gasteiger partial charge in [0.05, 0.1) is 28.9 Å². The summed E-state index contributed by atoms with van der Waals surface area (Å²) in [5.41, 5.74) is -6.20. The van der Waals surface area contributed by atoms with Crippen LogP contribution in [-0.4, -0.2) is 79.7 Å². The van der Waals surface area contributed by atoms with Gasteiger partial charge in [-0.25, -0.2) is 0 Å². The summed E-state index contributed by atoms with van der Waals surface area (Å²) in [6.45, 7) is -1.58. The SMILES string of the molecule is O=C(O)C(CCCOP(=O)([O-])[O-])(C(=O)O)C(=O)O.O=C(O)C(CCCOP(=O)([O-])[O-])(C(=O)O)C(=O)O.[Zr+4]. The molecular weight excluding hydrogens is 641 g/mol. The van der Waals surface area contributed by atoms with Crippen LogP contribution in [0.25, 0.3) is 0 Å². The molecule has 0 aliphatic carbocycles. The fourth-order valence-corrected chi connectivity index (χ4v) is 2.92. The summed E-state index contributed by atoms with van der Waals surface area (Å²) in [6, 6.07) is 0. The molecule has 37 heavy (non-hydrogen) atoms. The number of aliphatic carboxylic acids is 6. The molecule has 0 bridgehead atoms. The molecule has 0 heterocycles. The van der Waals surface area contributed by atoms with Gasteiger partial charge in [-0.1, -0.05) is 0 Å². The second-order valence-corrected chi connectivity index (χ2v) is 8.71. The minimum Gasteiger partial charge on any atom is -0.790 e. The van der Waals surface area contributed by atoms with Gasteiger partial charge in [0.1, 0.15) is 0 Å². The summed E-state index contributed by atoms with van der Waals surface area (Å²) >= 11 is 0. The van der Waals surface area contributed by atoms with Crippen molar-refractivity contribution in [2.45, 2.75) is 25.7 Å². The third-order valence-corrected chi connectivity index (χ3v) is 5.08. The maximum absolute atomic E-state index is 10.7. The molecule has 0 spiro atoms. The third-order valence-electron chi connectivity index (χ3n) is 4.08. The standard InChI is InChI=1S/2C7H11O10P.Zr/c2*8-4(9)7(5(10)11,6(12)13)2-1-3-17-18(14,15)16;/h2*1-3H2,(H,8,9)(H,10,11)(H,12,13)(H2,14,15,16);/q;;+4/p-4. The van der Waals surface area contributed by atoms with Crippen LogP contribution in [0.3, 0.4) is 0 Å². The van der Waals surface area contributed by atoms with Crippen molar-refractivity contribution in [1.82, 2.24) is 0 Å². The molecule has 0 aromatic rings. The summed E-state index contributed by atoms with van der Waals surface area (Å²) in [5.74, 6) is -12.6. The summed E-state index contributed by atoms with van der Waals surface area (Å²) < 4.78 is 27.6. The van der Waals surface area contributed by atoms with E-state index in [0.717, 1.165) is 0 Å². The van der Waals surface area contributed by atoms with Gasteiger partial charge in [-0.2, -0.15) is 0 Å². The molecule has 0 unspecified atom stereocenters. The van der Waals surface area contributed by atoms with E-state index in [1.807, 2.05) is 0 Å². The van der Waals surface area contributed by atoms with Crippen molar-refractivity contribution in [3.8, 4) is 0 Å². The molecule has 0 amide bonds. The van der Waals surface area contributed by atoms with Crippen LogP contribution in [0.15, 0.2) is 0 Å². The molecule has 0 radical (unpaired) electrons. The van der Waals surface area contributed by atoms with E-state index in [0.29, 0.717) is 0 Å². The zero-order valence-electron chi connectivity index (χ0n) is 18.0. The van der Waals surface area contributed by atoms with E-state index in [-0.39, 0.29) is 26.2 Å². The summed E-state index contributed by atoms with van der Waals surface area (Å²) in [4.78, 5) is 105. The Morgan fingerprint density at radius 3 is 0.865 bits per heavy atom. The Labute approximate surface area is 224 Å². The van der Waals surface area contributed by atoms with Crippen LogP contribution in [0.5, 0.6) is 0 Å². The van der Waals surface area contributed by atoms with Crippen LogP contribution in [0.2, 0.25) is 0 Å². The van der Waals surface area contributed by atoms with Gasteiger partial charge < -0.3 is 68.4 Å². The van der Waals surface area contributed by atoms with Crippen LogP contribution in [-0.2, 0) is 73.1 Å². The third kappa shape index (κ3) is 12.8. The van der Waals surface area contributed by atoms with Crippen molar-refractivity contribution in [3.63, 3.8) is 0 Å². The molecule has 23 heteroatoms. The van der Waals surface area contributed by atoms with Gasteiger partial charge in [-0.15, -0.1) is 0 Å². The second-order valence-electron chi connectivity index (χ2n) is 6.41. The van der Waals surface area contributed by atoms with E-state index in [1.54, 1.807) is 0 Å². The van der Waals surface area contributed by atoms with Crippen molar-refractivity contribution < 1.29 is 123 Å². The smallest absolute Gasteiger partial charge is 0.790 e. The maximum atomic E-state index is 10.7. The van der Waals surface area contributed by atoms with Gasteiger partial charge in [0, 0.05) is 0 Å². The first kappa shape index (κ1) is 39.4. The van der Waals surface area contributed by atoms with Crippen molar-refractivity contribution in [2.24, 2.45) is 10.8 Å². The van der Waals surface area contributed by atoms with Crippen molar-refractivity contribution in [2.75, 3.05) is 13.2 Å². The molecule has 6 N–H and O–H groups in total. The van der Waals surface area contributed by atoms with Crippen LogP contribution in [0, 0.1) is 10.8 Å². The van der Waals surface area contributed by atoms with Gasteiger partial charge in [-0.05, 0) is 25.7 Å². The van der Waals surface area contributed by atoms with Crippen LogP contribution < -0.4 is 19.6 Å². The monoisotopic (exact) mass is 658 g/mol. The van der Waals surface area contributed by atoms with Gasteiger partial charge in [-0.3, -0.25) is 28.8 Å². The molecule has 208 valence electrons. The van der Waals surface area contributed by atoms with Gasteiger partial charge in [0.2, 0.25) is 0 Å². The molecule has 0 aliphatic rings. The van der Waals surface area contributed by atoms with E-state index in [9.17, 15) is 57.5 Å². The average molecular weight is 659 g/mol. The van der Waals surface area contributed by atoms with Crippen molar-refractivity contribution >= 4 is 51.5 Å². The minimum atomic E-state index is -5.26. The average Bonchev–Trinajstić information content (AvgIpc) is 2.65. The Bertz CT molecular complexity index is 801. The number of carboxylic acid groups (broad SMARTS) is 6. The van der Waals surface area contributed by atoms with Crippen molar-refractivity contribution in [3.05, 3.63) is 0 Å².